The Morgan fingerprint density at radius 1 is 1.39 bits per heavy atom. The number of rotatable bonds is 8. The molecule has 1 rings (SSSR count). The van der Waals surface area contributed by atoms with E-state index in [9.17, 15) is 5.11 Å². The summed E-state index contributed by atoms with van der Waals surface area (Å²) in [6.45, 7) is 8.05. The van der Waals surface area contributed by atoms with Crippen molar-refractivity contribution in [2.75, 3.05) is 13.1 Å². The second-order valence-corrected chi connectivity index (χ2v) is 5.25. The first-order valence-corrected chi connectivity index (χ1v) is 7.38. The first kappa shape index (κ1) is 15.4. The molecule has 0 saturated heterocycles. The van der Waals surface area contributed by atoms with Crippen molar-refractivity contribution in [1.29, 1.82) is 0 Å². The van der Waals surface area contributed by atoms with Crippen LogP contribution in [0, 0.1) is 0 Å². The molecule has 0 fully saturated rings. The van der Waals surface area contributed by atoms with E-state index in [1.165, 1.54) is 25.7 Å². The summed E-state index contributed by atoms with van der Waals surface area (Å²) in [5.41, 5.74) is 0. The molecule has 0 spiro atoms. The summed E-state index contributed by atoms with van der Waals surface area (Å²) in [6.07, 6.45) is 12.4. The molecule has 1 aliphatic rings. The minimum absolute atomic E-state index is 0.206. The van der Waals surface area contributed by atoms with Gasteiger partial charge in [-0.05, 0) is 19.8 Å². The van der Waals surface area contributed by atoms with E-state index in [-0.39, 0.29) is 12.4 Å². The molecule has 0 aromatic heterocycles. The SMILES string of the molecule is CCCCC/C=C/CC1N=CC[N+]1(CC)C(C)O. The third-order valence-corrected chi connectivity index (χ3v) is 4.11. The van der Waals surface area contributed by atoms with E-state index >= 15 is 0 Å². The summed E-state index contributed by atoms with van der Waals surface area (Å²) in [6, 6.07) is 0. The average molecular weight is 253 g/mol. The van der Waals surface area contributed by atoms with Gasteiger partial charge in [-0.25, -0.2) is 4.99 Å². The molecule has 104 valence electrons. The molecule has 1 aliphatic heterocycles. The first-order valence-electron chi connectivity index (χ1n) is 7.38. The first-order chi connectivity index (χ1) is 8.67. The van der Waals surface area contributed by atoms with Gasteiger partial charge in [0.1, 0.15) is 6.54 Å². The molecule has 1 heterocycles. The standard InChI is InChI=1S/C15H29N2O/c1-4-6-7-8-9-10-11-15-16-12-13-17(15,5-2)14(3)18/h9-10,12,14-15,18H,4-8,11,13H2,1-3H3/q+1/b10-9+. The van der Waals surface area contributed by atoms with Crippen LogP contribution in [0.1, 0.15) is 52.9 Å². The minimum atomic E-state index is -0.337. The average Bonchev–Trinajstić information content (AvgIpc) is 2.77. The minimum Gasteiger partial charge on any atom is -0.345 e. The van der Waals surface area contributed by atoms with E-state index in [1.54, 1.807) is 0 Å². The summed E-state index contributed by atoms with van der Waals surface area (Å²) in [5.74, 6) is 0. The van der Waals surface area contributed by atoms with Crippen molar-refractivity contribution in [3.8, 4) is 0 Å². The van der Waals surface area contributed by atoms with E-state index in [0.717, 1.165) is 19.5 Å². The third-order valence-electron chi connectivity index (χ3n) is 4.11. The lowest BCUT2D eigenvalue weighted by atomic mass is 10.1. The molecule has 3 nitrogen and oxygen atoms in total. The largest absolute Gasteiger partial charge is 0.345 e. The van der Waals surface area contributed by atoms with Crippen molar-refractivity contribution in [2.45, 2.75) is 65.3 Å². The molecule has 0 aromatic rings. The number of nitrogens with zero attached hydrogens (tertiary/aromatic N) is 2. The number of quaternary nitrogens is 1. The summed E-state index contributed by atoms with van der Waals surface area (Å²) >= 11 is 0. The van der Waals surface area contributed by atoms with Crippen LogP contribution in [0.15, 0.2) is 17.1 Å². The normalized spacial score (nSPS) is 29.2. The van der Waals surface area contributed by atoms with Crippen LogP contribution in [0.25, 0.3) is 0 Å². The molecule has 3 heteroatoms. The summed E-state index contributed by atoms with van der Waals surface area (Å²) < 4.78 is 0.694. The molecule has 3 unspecified atom stereocenters. The molecule has 0 radical (unpaired) electrons. The fraction of sp³-hybridized carbons (Fsp3) is 0.800. The van der Waals surface area contributed by atoms with Gasteiger partial charge < -0.3 is 5.11 Å². The fourth-order valence-electron chi connectivity index (χ4n) is 2.70. The maximum Gasteiger partial charge on any atom is 0.189 e. The Morgan fingerprint density at radius 3 is 2.78 bits per heavy atom. The zero-order valence-electron chi connectivity index (χ0n) is 12.2. The molecule has 18 heavy (non-hydrogen) atoms. The van der Waals surface area contributed by atoms with Crippen LogP contribution in [-0.2, 0) is 0 Å². The smallest absolute Gasteiger partial charge is 0.189 e. The number of allylic oxidation sites excluding steroid dienone is 1. The van der Waals surface area contributed by atoms with Gasteiger partial charge in [-0.1, -0.05) is 31.9 Å². The van der Waals surface area contributed by atoms with E-state index < -0.39 is 0 Å². The van der Waals surface area contributed by atoms with E-state index in [0.29, 0.717) is 4.48 Å². The number of aliphatic hydroxyl groups excluding tert-OH is 1. The van der Waals surface area contributed by atoms with Gasteiger partial charge in [0.15, 0.2) is 12.4 Å². The van der Waals surface area contributed by atoms with Crippen LogP contribution in [0.2, 0.25) is 0 Å². The summed E-state index contributed by atoms with van der Waals surface area (Å²) in [7, 11) is 0. The van der Waals surface area contributed by atoms with Crippen molar-refractivity contribution < 1.29 is 9.59 Å². The number of aliphatic hydroxyl groups is 1. The third kappa shape index (κ3) is 3.66. The van der Waals surface area contributed by atoms with E-state index in [4.69, 9.17) is 0 Å². The van der Waals surface area contributed by atoms with E-state index in [2.05, 4.69) is 31.0 Å². The highest BCUT2D eigenvalue weighted by molar-refractivity contribution is 5.60. The van der Waals surface area contributed by atoms with Crippen molar-refractivity contribution in [2.24, 2.45) is 4.99 Å². The highest BCUT2D eigenvalue weighted by Gasteiger charge is 2.41. The predicted octanol–water partition coefficient (Wildman–Crippen LogP) is 3.10. The maximum atomic E-state index is 10.0. The van der Waals surface area contributed by atoms with Gasteiger partial charge in [0.05, 0.1) is 12.8 Å². The highest BCUT2D eigenvalue weighted by atomic mass is 16.3. The molecular weight excluding hydrogens is 224 g/mol. The van der Waals surface area contributed by atoms with Crippen LogP contribution in [0.3, 0.4) is 0 Å². The molecule has 0 aromatic carbocycles. The predicted molar refractivity (Wildman–Crippen MR) is 77.5 cm³/mol. The van der Waals surface area contributed by atoms with Crippen LogP contribution in [0.5, 0.6) is 0 Å². The zero-order valence-corrected chi connectivity index (χ0v) is 12.2. The van der Waals surface area contributed by atoms with Gasteiger partial charge in [-0.2, -0.15) is 0 Å². The molecule has 0 bridgehead atoms. The Labute approximate surface area is 112 Å². The monoisotopic (exact) mass is 253 g/mol. The molecule has 3 atom stereocenters. The molecule has 1 N–H and O–H groups in total. The van der Waals surface area contributed by atoms with Gasteiger partial charge in [0.25, 0.3) is 0 Å². The van der Waals surface area contributed by atoms with Crippen LogP contribution in [-0.4, -0.2) is 41.3 Å². The molecule has 0 amide bonds. The Morgan fingerprint density at radius 2 is 2.17 bits per heavy atom. The summed E-state index contributed by atoms with van der Waals surface area (Å²) in [5, 5.41) is 10.0. The molecular formula is C15H29N2O+. The Bertz CT molecular complexity index is 286. The zero-order chi connectivity index (χ0) is 13.4. The van der Waals surface area contributed by atoms with Gasteiger partial charge in [-0.15, -0.1) is 0 Å². The highest BCUT2D eigenvalue weighted by Crippen LogP contribution is 2.25. The second kappa shape index (κ2) is 7.70. The summed E-state index contributed by atoms with van der Waals surface area (Å²) in [4.78, 5) is 4.55. The van der Waals surface area contributed by atoms with Gasteiger partial charge >= 0.3 is 0 Å². The fourth-order valence-corrected chi connectivity index (χ4v) is 2.70. The van der Waals surface area contributed by atoms with Crippen LogP contribution in [0.4, 0.5) is 0 Å². The number of hydrogen-bond donors (Lipinski definition) is 1. The van der Waals surface area contributed by atoms with Gasteiger partial charge in [-0.3, -0.25) is 4.48 Å². The van der Waals surface area contributed by atoms with Crippen molar-refractivity contribution >= 4 is 6.21 Å². The van der Waals surface area contributed by atoms with Crippen LogP contribution >= 0.6 is 0 Å². The van der Waals surface area contributed by atoms with Gasteiger partial charge in [0.2, 0.25) is 0 Å². The lowest BCUT2D eigenvalue weighted by Gasteiger charge is -2.39. The topological polar surface area (TPSA) is 32.6 Å². The second-order valence-electron chi connectivity index (χ2n) is 5.25. The van der Waals surface area contributed by atoms with Crippen molar-refractivity contribution in [3.63, 3.8) is 0 Å². The Hall–Kier alpha value is -0.670. The Kier molecular flexibility index (Phi) is 6.58. The lowest BCUT2D eigenvalue weighted by molar-refractivity contribution is -0.976. The van der Waals surface area contributed by atoms with Crippen molar-refractivity contribution in [3.05, 3.63) is 12.2 Å². The number of aliphatic imine (C=N–C) groups is 1. The molecule has 0 saturated carbocycles. The number of unbranched alkanes of at least 4 members (excludes halogenated alkanes) is 3. The quantitative estimate of drug-likeness (QED) is 0.402. The van der Waals surface area contributed by atoms with E-state index in [1.807, 2.05) is 13.1 Å². The van der Waals surface area contributed by atoms with Gasteiger partial charge in [0, 0.05) is 13.3 Å². The maximum absolute atomic E-state index is 10.0. The lowest BCUT2D eigenvalue weighted by Crippen LogP contribution is -2.57. The number of hydrogen-bond acceptors (Lipinski definition) is 2. The van der Waals surface area contributed by atoms with Crippen molar-refractivity contribution in [1.82, 2.24) is 0 Å². The van der Waals surface area contributed by atoms with Crippen LogP contribution < -0.4 is 0 Å². The Balaban J connectivity index is 2.42. The molecule has 0 aliphatic carbocycles.